The van der Waals surface area contributed by atoms with E-state index in [-0.39, 0.29) is 6.54 Å². The Labute approximate surface area is 102 Å². The molecule has 0 spiro atoms. The number of nitrogens with two attached hydrogens (primary N) is 1. The zero-order valence-electron chi connectivity index (χ0n) is 10.7. The van der Waals surface area contributed by atoms with Gasteiger partial charge in [-0.1, -0.05) is 6.07 Å². The lowest BCUT2D eigenvalue weighted by Gasteiger charge is -2.23. The summed E-state index contributed by atoms with van der Waals surface area (Å²) in [7, 11) is 0. The van der Waals surface area contributed by atoms with Crippen molar-refractivity contribution < 1.29 is 14.6 Å². The molecule has 0 aromatic heterocycles. The highest BCUT2D eigenvalue weighted by Gasteiger charge is 2.22. The molecule has 0 aliphatic rings. The molecule has 0 fully saturated rings. The molecule has 4 nitrogen and oxygen atoms in total. The first kappa shape index (κ1) is 13.8. The predicted molar refractivity (Wildman–Crippen MR) is 67.4 cm³/mol. The molecular weight excluding hydrogens is 218 g/mol. The highest BCUT2D eigenvalue weighted by atomic mass is 16.5. The van der Waals surface area contributed by atoms with E-state index in [1.54, 1.807) is 25.1 Å². The summed E-state index contributed by atoms with van der Waals surface area (Å²) < 4.78 is 10.9. The van der Waals surface area contributed by atoms with Gasteiger partial charge in [0.2, 0.25) is 0 Å². The Hall–Kier alpha value is -1.26. The van der Waals surface area contributed by atoms with Crippen molar-refractivity contribution in [1.29, 1.82) is 0 Å². The van der Waals surface area contributed by atoms with E-state index >= 15 is 0 Å². The van der Waals surface area contributed by atoms with Gasteiger partial charge in [0.1, 0.15) is 0 Å². The van der Waals surface area contributed by atoms with Gasteiger partial charge in [-0.25, -0.2) is 0 Å². The summed E-state index contributed by atoms with van der Waals surface area (Å²) in [6, 6.07) is 5.38. The number of hydrogen-bond donors (Lipinski definition) is 2. The highest BCUT2D eigenvalue weighted by molar-refractivity contribution is 5.44. The van der Waals surface area contributed by atoms with Gasteiger partial charge in [-0.3, -0.25) is 0 Å². The van der Waals surface area contributed by atoms with Gasteiger partial charge in [-0.15, -0.1) is 0 Å². The maximum atomic E-state index is 10.1. The van der Waals surface area contributed by atoms with Crippen molar-refractivity contribution in [2.75, 3.05) is 19.8 Å². The molecular formula is C13H21NO3. The number of ether oxygens (including phenoxy) is 2. The molecule has 0 heterocycles. The van der Waals surface area contributed by atoms with E-state index in [2.05, 4.69) is 0 Å². The molecule has 0 aliphatic carbocycles. The second kappa shape index (κ2) is 5.89. The van der Waals surface area contributed by atoms with Crippen molar-refractivity contribution in [3.63, 3.8) is 0 Å². The van der Waals surface area contributed by atoms with Gasteiger partial charge in [-0.05, 0) is 38.5 Å². The normalized spacial score (nSPS) is 14.2. The minimum absolute atomic E-state index is 0.159. The van der Waals surface area contributed by atoms with Gasteiger partial charge >= 0.3 is 0 Å². The number of hydrogen-bond acceptors (Lipinski definition) is 4. The van der Waals surface area contributed by atoms with Crippen molar-refractivity contribution in [2.24, 2.45) is 5.73 Å². The third kappa shape index (κ3) is 3.35. The van der Waals surface area contributed by atoms with Crippen LogP contribution in [0.4, 0.5) is 0 Å². The zero-order chi connectivity index (χ0) is 12.9. The van der Waals surface area contributed by atoms with Crippen LogP contribution in [0.25, 0.3) is 0 Å². The fourth-order valence-electron chi connectivity index (χ4n) is 1.50. The molecule has 17 heavy (non-hydrogen) atoms. The fourth-order valence-corrected chi connectivity index (χ4v) is 1.50. The molecule has 1 aromatic rings. The van der Waals surface area contributed by atoms with Gasteiger partial charge in [0, 0.05) is 6.54 Å². The molecule has 0 saturated carbocycles. The lowest BCUT2D eigenvalue weighted by Crippen LogP contribution is -2.31. The van der Waals surface area contributed by atoms with Crippen molar-refractivity contribution in [3.8, 4) is 11.5 Å². The Morgan fingerprint density at radius 3 is 2.29 bits per heavy atom. The summed E-state index contributed by atoms with van der Waals surface area (Å²) >= 11 is 0. The Morgan fingerprint density at radius 2 is 1.76 bits per heavy atom. The van der Waals surface area contributed by atoms with E-state index in [9.17, 15) is 5.11 Å². The molecule has 0 amide bonds. The summed E-state index contributed by atoms with van der Waals surface area (Å²) in [5.41, 5.74) is 5.22. The van der Waals surface area contributed by atoms with Crippen molar-refractivity contribution in [2.45, 2.75) is 26.4 Å². The monoisotopic (exact) mass is 239 g/mol. The Balaban J connectivity index is 3.08. The van der Waals surface area contributed by atoms with Gasteiger partial charge in [0.15, 0.2) is 11.5 Å². The Kier molecular flexibility index (Phi) is 4.78. The molecule has 96 valence electrons. The molecule has 3 N–H and O–H groups in total. The fraction of sp³-hybridized carbons (Fsp3) is 0.538. The summed E-state index contributed by atoms with van der Waals surface area (Å²) in [4.78, 5) is 0. The molecule has 1 unspecified atom stereocenters. The number of benzene rings is 1. The lowest BCUT2D eigenvalue weighted by atomic mass is 9.96. The molecule has 4 heteroatoms. The third-order valence-electron chi connectivity index (χ3n) is 2.56. The van der Waals surface area contributed by atoms with Crippen LogP contribution in [0.15, 0.2) is 18.2 Å². The Bertz CT molecular complexity index is 364. The number of rotatable bonds is 6. The maximum Gasteiger partial charge on any atom is 0.161 e. The standard InChI is InChI=1S/C13H21NO3/c1-4-16-11-7-6-10(13(3,15)9-14)8-12(11)17-5-2/h6-8,15H,4-5,9,14H2,1-3H3. The first-order chi connectivity index (χ1) is 8.05. The van der Waals surface area contributed by atoms with Crippen LogP contribution in [-0.4, -0.2) is 24.9 Å². The molecule has 1 rings (SSSR count). The van der Waals surface area contributed by atoms with Crippen molar-refractivity contribution in [3.05, 3.63) is 23.8 Å². The SMILES string of the molecule is CCOc1ccc(C(C)(O)CN)cc1OCC. The van der Waals surface area contributed by atoms with Crippen LogP contribution in [0, 0.1) is 0 Å². The van der Waals surface area contributed by atoms with Crippen LogP contribution in [0.3, 0.4) is 0 Å². The minimum atomic E-state index is -1.05. The van der Waals surface area contributed by atoms with Gasteiger partial charge in [0.05, 0.1) is 18.8 Å². The molecule has 1 atom stereocenters. The maximum absolute atomic E-state index is 10.1. The molecule has 0 radical (unpaired) electrons. The zero-order valence-corrected chi connectivity index (χ0v) is 10.7. The average Bonchev–Trinajstić information content (AvgIpc) is 2.32. The Morgan fingerprint density at radius 1 is 1.18 bits per heavy atom. The molecule has 0 aliphatic heterocycles. The topological polar surface area (TPSA) is 64.7 Å². The van der Waals surface area contributed by atoms with E-state index in [0.717, 1.165) is 5.56 Å². The molecule has 1 aromatic carbocycles. The largest absolute Gasteiger partial charge is 0.490 e. The van der Waals surface area contributed by atoms with Gasteiger partial charge in [0.25, 0.3) is 0 Å². The molecule has 0 saturated heterocycles. The van der Waals surface area contributed by atoms with Gasteiger partial charge < -0.3 is 20.3 Å². The molecule has 0 bridgehead atoms. The predicted octanol–water partition coefficient (Wildman–Crippen LogP) is 1.65. The van der Waals surface area contributed by atoms with Crippen LogP contribution >= 0.6 is 0 Å². The van der Waals surface area contributed by atoms with E-state index < -0.39 is 5.60 Å². The van der Waals surface area contributed by atoms with Crippen LogP contribution in [0.5, 0.6) is 11.5 Å². The lowest BCUT2D eigenvalue weighted by molar-refractivity contribution is 0.0664. The first-order valence-corrected chi connectivity index (χ1v) is 5.87. The summed E-state index contributed by atoms with van der Waals surface area (Å²) in [5, 5.41) is 10.1. The van der Waals surface area contributed by atoms with Crippen LogP contribution in [0.2, 0.25) is 0 Å². The average molecular weight is 239 g/mol. The summed E-state index contributed by atoms with van der Waals surface area (Å²) in [6.45, 7) is 6.79. The first-order valence-electron chi connectivity index (χ1n) is 5.87. The second-order valence-corrected chi connectivity index (χ2v) is 4.01. The summed E-state index contributed by atoms with van der Waals surface area (Å²) in [6.07, 6.45) is 0. The van der Waals surface area contributed by atoms with E-state index in [0.29, 0.717) is 24.7 Å². The van der Waals surface area contributed by atoms with E-state index in [4.69, 9.17) is 15.2 Å². The second-order valence-electron chi connectivity index (χ2n) is 4.01. The van der Waals surface area contributed by atoms with Gasteiger partial charge in [-0.2, -0.15) is 0 Å². The van der Waals surface area contributed by atoms with Crippen LogP contribution < -0.4 is 15.2 Å². The quantitative estimate of drug-likeness (QED) is 0.792. The third-order valence-corrected chi connectivity index (χ3v) is 2.56. The van der Waals surface area contributed by atoms with E-state index in [1.807, 2.05) is 13.8 Å². The van der Waals surface area contributed by atoms with Crippen molar-refractivity contribution >= 4 is 0 Å². The van der Waals surface area contributed by atoms with Crippen molar-refractivity contribution in [1.82, 2.24) is 0 Å². The number of aliphatic hydroxyl groups is 1. The smallest absolute Gasteiger partial charge is 0.161 e. The highest BCUT2D eigenvalue weighted by Crippen LogP contribution is 2.32. The van der Waals surface area contributed by atoms with Crippen LogP contribution in [0.1, 0.15) is 26.3 Å². The van der Waals surface area contributed by atoms with Crippen LogP contribution in [-0.2, 0) is 5.60 Å². The minimum Gasteiger partial charge on any atom is -0.490 e. The van der Waals surface area contributed by atoms with E-state index in [1.165, 1.54) is 0 Å². The summed E-state index contributed by atoms with van der Waals surface area (Å²) in [5.74, 6) is 1.33.